The summed E-state index contributed by atoms with van der Waals surface area (Å²) in [5.74, 6) is -0.113. The Morgan fingerprint density at radius 2 is 2.14 bits per heavy atom. The Kier molecular flexibility index (Phi) is 3.93. The predicted molar refractivity (Wildman–Crippen MR) is 87.8 cm³/mol. The van der Waals surface area contributed by atoms with Crippen molar-refractivity contribution >= 4 is 34.6 Å². The SMILES string of the molecule is CC1c2ccccc2CN1NC(=O)C1=CC=C(Cl)C(=S)C1. The summed E-state index contributed by atoms with van der Waals surface area (Å²) in [4.78, 5) is 13.0. The van der Waals surface area contributed by atoms with Gasteiger partial charge in [-0.15, -0.1) is 0 Å². The van der Waals surface area contributed by atoms with Gasteiger partial charge in [0, 0.05) is 23.4 Å². The molecule has 1 aromatic rings. The van der Waals surface area contributed by atoms with Gasteiger partial charge in [-0.25, -0.2) is 5.01 Å². The van der Waals surface area contributed by atoms with Crippen LogP contribution in [0.3, 0.4) is 0 Å². The number of thiocarbonyl (C=S) groups is 1. The summed E-state index contributed by atoms with van der Waals surface area (Å²) in [6, 6.07) is 8.40. The number of allylic oxidation sites excluding steroid dienone is 3. The first kappa shape index (κ1) is 14.4. The molecule has 5 heteroatoms. The smallest absolute Gasteiger partial charge is 0.261 e. The molecule has 1 aliphatic carbocycles. The van der Waals surface area contributed by atoms with Gasteiger partial charge >= 0.3 is 0 Å². The van der Waals surface area contributed by atoms with Gasteiger partial charge in [0.25, 0.3) is 5.91 Å². The number of rotatable bonds is 2. The van der Waals surface area contributed by atoms with E-state index in [9.17, 15) is 4.79 Å². The van der Waals surface area contributed by atoms with Crippen LogP contribution >= 0.6 is 23.8 Å². The lowest BCUT2D eigenvalue weighted by Gasteiger charge is -2.23. The van der Waals surface area contributed by atoms with Crippen molar-refractivity contribution in [2.45, 2.75) is 25.9 Å². The monoisotopic (exact) mass is 318 g/mol. The van der Waals surface area contributed by atoms with Crippen molar-refractivity contribution in [3.8, 4) is 0 Å². The average Bonchev–Trinajstić information content (AvgIpc) is 2.79. The summed E-state index contributed by atoms with van der Waals surface area (Å²) in [7, 11) is 0. The third kappa shape index (κ3) is 2.79. The van der Waals surface area contributed by atoms with Crippen LogP contribution in [0.5, 0.6) is 0 Å². The molecule has 0 fully saturated rings. The first-order chi connectivity index (χ1) is 10.1. The highest BCUT2D eigenvalue weighted by Gasteiger charge is 2.28. The quantitative estimate of drug-likeness (QED) is 0.848. The topological polar surface area (TPSA) is 32.3 Å². The fourth-order valence-electron chi connectivity index (χ4n) is 2.65. The molecule has 0 spiro atoms. The number of hydrogen-bond acceptors (Lipinski definition) is 3. The maximum absolute atomic E-state index is 12.3. The van der Waals surface area contributed by atoms with Crippen LogP contribution in [0.2, 0.25) is 0 Å². The second-order valence-electron chi connectivity index (χ2n) is 5.25. The van der Waals surface area contributed by atoms with Gasteiger partial charge in [-0.2, -0.15) is 0 Å². The summed E-state index contributed by atoms with van der Waals surface area (Å²) in [5, 5.41) is 2.50. The number of carbonyl (C=O) groups excluding carboxylic acids is 1. The van der Waals surface area contributed by atoms with E-state index in [-0.39, 0.29) is 11.9 Å². The van der Waals surface area contributed by atoms with Gasteiger partial charge in [-0.05, 0) is 24.1 Å². The largest absolute Gasteiger partial charge is 0.284 e. The fourth-order valence-corrected chi connectivity index (χ4v) is 3.01. The molecule has 3 nitrogen and oxygen atoms in total. The molecule has 1 aromatic carbocycles. The Bertz CT molecular complexity index is 681. The van der Waals surface area contributed by atoms with E-state index < -0.39 is 0 Å². The van der Waals surface area contributed by atoms with Gasteiger partial charge in [-0.1, -0.05) is 54.2 Å². The normalized spacial score (nSPS) is 21.6. The van der Waals surface area contributed by atoms with Gasteiger partial charge in [0.2, 0.25) is 0 Å². The molecule has 1 atom stereocenters. The summed E-state index contributed by atoms with van der Waals surface area (Å²) in [5.41, 5.74) is 6.13. The molecule has 0 aromatic heterocycles. The van der Waals surface area contributed by atoms with Crippen LogP contribution in [-0.4, -0.2) is 15.8 Å². The van der Waals surface area contributed by atoms with E-state index in [1.165, 1.54) is 11.1 Å². The first-order valence-corrected chi connectivity index (χ1v) is 7.60. The average molecular weight is 319 g/mol. The molecule has 3 rings (SSSR count). The van der Waals surface area contributed by atoms with Crippen molar-refractivity contribution < 1.29 is 4.79 Å². The van der Waals surface area contributed by atoms with Gasteiger partial charge < -0.3 is 0 Å². The number of benzene rings is 1. The minimum absolute atomic E-state index is 0.113. The zero-order valence-electron chi connectivity index (χ0n) is 11.6. The van der Waals surface area contributed by atoms with Crippen molar-refractivity contribution in [2.24, 2.45) is 0 Å². The molecule has 0 radical (unpaired) electrons. The van der Waals surface area contributed by atoms with E-state index in [0.717, 1.165) is 6.54 Å². The molecule has 1 amide bonds. The molecule has 108 valence electrons. The fraction of sp³-hybridized carbons (Fsp3) is 0.250. The zero-order valence-corrected chi connectivity index (χ0v) is 13.2. The highest BCUT2D eigenvalue weighted by molar-refractivity contribution is 7.81. The summed E-state index contributed by atoms with van der Waals surface area (Å²) >= 11 is 11.1. The molecule has 0 saturated heterocycles. The van der Waals surface area contributed by atoms with Crippen molar-refractivity contribution in [3.05, 3.63) is 58.1 Å². The van der Waals surface area contributed by atoms with E-state index in [4.69, 9.17) is 23.8 Å². The number of halogens is 1. The second-order valence-corrected chi connectivity index (χ2v) is 6.15. The van der Waals surface area contributed by atoms with E-state index in [2.05, 4.69) is 24.5 Å². The number of carbonyl (C=O) groups is 1. The summed E-state index contributed by atoms with van der Waals surface area (Å²) in [6.07, 6.45) is 3.84. The molecule has 1 aliphatic heterocycles. The van der Waals surface area contributed by atoms with Crippen LogP contribution in [0.25, 0.3) is 0 Å². The van der Waals surface area contributed by atoms with Crippen LogP contribution in [-0.2, 0) is 11.3 Å². The Hall–Kier alpha value is -1.49. The molecule has 0 bridgehead atoms. The molecule has 1 N–H and O–H groups in total. The van der Waals surface area contributed by atoms with Gasteiger partial charge in [-0.3, -0.25) is 10.2 Å². The van der Waals surface area contributed by atoms with Crippen molar-refractivity contribution in [2.75, 3.05) is 0 Å². The lowest BCUT2D eigenvalue weighted by atomic mass is 10.0. The van der Waals surface area contributed by atoms with Crippen molar-refractivity contribution in [1.29, 1.82) is 0 Å². The number of nitrogens with one attached hydrogen (secondary N) is 1. The zero-order chi connectivity index (χ0) is 15.0. The minimum Gasteiger partial charge on any atom is -0.284 e. The van der Waals surface area contributed by atoms with Crippen LogP contribution < -0.4 is 5.43 Å². The standard InChI is InChI=1S/C16H15ClN2OS/c1-10-13-5-3-2-4-12(13)9-19(10)18-16(20)11-6-7-14(17)15(21)8-11/h2-7,10H,8-9H2,1H3,(H,18,20). The number of hydrogen-bond donors (Lipinski definition) is 1. The van der Waals surface area contributed by atoms with Crippen LogP contribution in [0.15, 0.2) is 47.0 Å². The number of amides is 1. The maximum atomic E-state index is 12.3. The molecular weight excluding hydrogens is 304 g/mol. The van der Waals surface area contributed by atoms with E-state index in [0.29, 0.717) is 21.9 Å². The number of fused-ring (bicyclic) bond motifs is 1. The molecule has 0 saturated carbocycles. The second kappa shape index (κ2) is 5.72. The number of nitrogens with zero attached hydrogens (tertiary/aromatic N) is 1. The highest BCUT2D eigenvalue weighted by atomic mass is 35.5. The Morgan fingerprint density at radius 1 is 1.38 bits per heavy atom. The van der Waals surface area contributed by atoms with Crippen LogP contribution in [0, 0.1) is 0 Å². The van der Waals surface area contributed by atoms with E-state index in [1.807, 2.05) is 17.1 Å². The van der Waals surface area contributed by atoms with Crippen molar-refractivity contribution in [3.63, 3.8) is 0 Å². The number of hydrazine groups is 1. The Balaban J connectivity index is 1.72. The third-order valence-electron chi connectivity index (χ3n) is 3.90. The van der Waals surface area contributed by atoms with Crippen LogP contribution in [0.1, 0.15) is 30.5 Å². The Labute approximate surface area is 134 Å². The molecule has 1 unspecified atom stereocenters. The van der Waals surface area contributed by atoms with Crippen LogP contribution in [0.4, 0.5) is 0 Å². The van der Waals surface area contributed by atoms with Crippen molar-refractivity contribution in [1.82, 2.24) is 10.4 Å². The summed E-state index contributed by atoms with van der Waals surface area (Å²) < 4.78 is 0. The molecular formula is C16H15ClN2OS. The van der Waals surface area contributed by atoms with E-state index in [1.54, 1.807) is 12.2 Å². The summed E-state index contributed by atoms with van der Waals surface area (Å²) in [6.45, 7) is 2.81. The lowest BCUT2D eigenvalue weighted by molar-refractivity contribution is -0.123. The van der Waals surface area contributed by atoms with E-state index >= 15 is 0 Å². The van der Waals surface area contributed by atoms with Gasteiger partial charge in [0.1, 0.15) is 0 Å². The minimum atomic E-state index is -0.113. The molecule has 1 heterocycles. The third-order valence-corrected chi connectivity index (χ3v) is 4.73. The first-order valence-electron chi connectivity index (χ1n) is 6.81. The highest BCUT2D eigenvalue weighted by Crippen LogP contribution is 2.31. The van der Waals surface area contributed by atoms with Gasteiger partial charge in [0.05, 0.1) is 11.1 Å². The lowest BCUT2D eigenvalue weighted by Crippen LogP contribution is -2.41. The predicted octanol–water partition coefficient (Wildman–Crippen LogP) is 3.42. The van der Waals surface area contributed by atoms with Gasteiger partial charge in [0.15, 0.2) is 0 Å². The maximum Gasteiger partial charge on any atom is 0.261 e. The molecule has 2 aliphatic rings. The molecule has 21 heavy (non-hydrogen) atoms. The Morgan fingerprint density at radius 3 is 2.86 bits per heavy atom.